The third kappa shape index (κ3) is 3.18. The lowest BCUT2D eigenvalue weighted by Gasteiger charge is -2.05. The molecule has 0 aliphatic rings. The highest BCUT2D eigenvalue weighted by atomic mass is 32.2. The zero-order valence-electron chi connectivity index (χ0n) is 9.60. The Morgan fingerprint density at radius 1 is 1.47 bits per heavy atom. The van der Waals surface area contributed by atoms with Gasteiger partial charge in [-0.1, -0.05) is 0 Å². The van der Waals surface area contributed by atoms with Gasteiger partial charge < -0.3 is 15.0 Å². The van der Waals surface area contributed by atoms with Crippen molar-refractivity contribution < 1.29 is 4.74 Å². The number of methoxy groups -OCH3 is 1. The van der Waals surface area contributed by atoms with E-state index in [0.29, 0.717) is 12.4 Å². The largest absolute Gasteiger partial charge is 0.377 e. The highest BCUT2D eigenvalue weighted by molar-refractivity contribution is 7.99. The molecule has 7 heteroatoms. The Balaban J connectivity index is 2.23. The molecule has 0 aliphatic carbocycles. The van der Waals surface area contributed by atoms with Crippen LogP contribution in [0.15, 0.2) is 28.6 Å². The van der Waals surface area contributed by atoms with Crippen molar-refractivity contribution >= 4 is 17.6 Å². The standard InChI is InChI=1S/C10H13N5OS/c1-11-7-5-9(15-8(14-7)6-16-2)17-10-12-3-4-13-10/h3-5H,6H2,1-2H3,(H,12,13)(H,11,14,15). The number of aromatic amines is 1. The third-order valence-electron chi connectivity index (χ3n) is 1.95. The van der Waals surface area contributed by atoms with Crippen LogP contribution in [0.5, 0.6) is 0 Å². The molecule has 2 heterocycles. The summed E-state index contributed by atoms with van der Waals surface area (Å²) in [4.78, 5) is 15.8. The third-order valence-corrected chi connectivity index (χ3v) is 2.79. The quantitative estimate of drug-likeness (QED) is 0.785. The van der Waals surface area contributed by atoms with Gasteiger partial charge in [0.15, 0.2) is 11.0 Å². The lowest BCUT2D eigenvalue weighted by molar-refractivity contribution is 0.177. The second kappa shape index (κ2) is 5.65. The molecule has 0 spiro atoms. The minimum Gasteiger partial charge on any atom is -0.377 e. The zero-order valence-corrected chi connectivity index (χ0v) is 10.4. The number of H-pyrrole nitrogens is 1. The number of rotatable bonds is 5. The fourth-order valence-electron chi connectivity index (χ4n) is 1.25. The average Bonchev–Trinajstić information content (AvgIpc) is 2.82. The fraction of sp³-hybridized carbons (Fsp3) is 0.300. The molecule has 2 aromatic rings. The molecule has 0 fully saturated rings. The first-order chi connectivity index (χ1) is 8.31. The summed E-state index contributed by atoms with van der Waals surface area (Å²) in [5, 5.41) is 4.62. The number of anilines is 1. The molecular weight excluding hydrogens is 238 g/mol. The number of nitrogens with zero attached hydrogens (tertiary/aromatic N) is 3. The molecular formula is C10H13N5OS. The summed E-state index contributed by atoms with van der Waals surface area (Å²) in [6.45, 7) is 0.390. The Bertz CT molecular complexity index is 474. The molecule has 0 radical (unpaired) electrons. The maximum Gasteiger partial charge on any atom is 0.171 e. The zero-order chi connectivity index (χ0) is 12.1. The monoisotopic (exact) mass is 251 g/mol. The molecule has 0 aromatic carbocycles. The minimum atomic E-state index is 0.390. The van der Waals surface area contributed by atoms with Crippen molar-refractivity contribution in [2.45, 2.75) is 16.8 Å². The summed E-state index contributed by atoms with van der Waals surface area (Å²) in [6.07, 6.45) is 3.48. The average molecular weight is 251 g/mol. The smallest absolute Gasteiger partial charge is 0.171 e. The summed E-state index contributed by atoms with van der Waals surface area (Å²) in [7, 11) is 3.44. The van der Waals surface area contributed by atoms with Crippen molar-refractivity contribution in [3.05, 3.63) is 24.3 Å². The van der Waals surface area contributed by atoms with Gasteiger partial charge in [0.1, 0.15) is 17.5 Å². The second-order valence-corrected chi connectivity index (χ2v) is 4.20. The number of aromatic nitrogens is 4. The topological polar surface area (TPSA) is 75.7 Å². The van der Waals surface area contributed by atoms with Gasteiger partial charge in [0.25, 0.3) is 0 Å². The summed E-state index contributed by atoms with van der Waals surface area (Å²) < 4.78 is 5.03. The molecule has 2 rings (SSSR count). The molecule has 0 atom stereocenters. The maximum absolute atomic E-state index is 5.03. The van der Waals surface area contributed by atoms with Gasteiger partial charge >= 0.3 is 0 Å². The molecule has 0 unspecified atom stereocenters. The molecule has 90 valence electrons. The van der Waals surface area contributed by atoms with E-state index in [1.807, 2.05) is 13.1 Å². The van der Waals surface area contributed by atoms with E-state index in [1.54, 1.807) is 19.5 Å². The van der Waals surface area contributed by atoms with Gasteiger partial charge in [-0.15, -0.1) is 0 Å². The van der Waals surface area contributed by atoms with Gasteiger partial charge in [-0.3, -0.25) is 0 Å². The van der Waals surface area contributed by atoms with Crippen molar-refractivity contribution in [1.82, 2.24) is 19.9 Å². The normalized spacial score (nSPS) is 10.5. The van der Waals surface area contributed by atoms with Crippen LogP contribution in [0.3, 0.4) is 0 Å². The van der Waals surface area contributed by atoms with Crippen LogP contribution in [0, 0.1) is 0 Å². The lowest BCUT2D eigenvalue weighted by Crippen LogP contribution is -2.02. The first-order valence-corrected chi connectivity index (χ1v) is 5.85. The number of imidazole rings is 1. The van der Waals surface area contributed by atoms with E-state index < -0.39 is 0 Å². The molecule has 0 saturated heterocycles. The molecule has 0 aliphatic heterocycles. The Morgan fingerprint density at radius 3 is 3.00 bits per heavy atom. The highest BCUT2D eigenvalue weighted by Gasteiger charge is 2.06. The predicted octanol–water partition coefficient (Wildman–Crippen LogP) is 1.54. The first kappa shape index (κ1) is 11.9. The fourth-order valence-corrected chi connectivity index (χ4v) is 2.01. The Kier molecular flexibility index (Phi) is 3.94. The number of hydrogen-bond donors (Lipinski definition) is 2. The SMILES string of the molecule is CNc1cc(Sc2ncc[nH]2)nc(COC)n1. The molecule has 2 N–H and O–H groups in total. The molecule has 6 nitrogen and oxygen atoms in total. The van der Waals surface area contributed by atoms with Crippen LogP contribution in [-0.2, 0) is 11.3 Å². The van der Waals surface area contributed by atoms with Crippen LogP contribution in [-0.4, -0.2) is 34.1 Å². The summed E-state index contributed by atoms with van der Waals surface area (Å²) >= 11 is 1.45. The number of ether oxygens (including phenoxy) is 1. The molecule has 0 saturated carbocycles. The van der Waals surface area contributed by atoms with E-state index in [0.717, 1.165) is 16.0 Å². The van der Waals surface area contributed by atoms with Gasteiger partial charge in [-0.05, 0) is 11.8 Å². The molecule has 2 aromatic heterocycles. The van der Waals surface area contributed by atoms with Crippen molar-refractivity contribution in [2.24, 2.45) is 0 Å². The Hall–Kier alpha value is -1.60. The van der Waals surface area contributed by atoms with E-state index in [9.17, 15) is 0 Å². The highest BCUT2D eigenvalue weighted by Crippen LogP contribution is 2.24. The van der Waals surface area contributed by atoms with Crippen molar-refractivity contribution in [2.75, 3.05) is 19.5 Å². The Labute approximate surface area is 103 Å². The van der Waals surface area contributed by atoms with Crippen molar-refractivity contribution in [3.8, 4) is 0 Å². The van der Waals surface area contributed by atoms with E-state index in [1.165, 1.54) is 11.8 Å². The van der Waals surface area contributed by atoms with E-state index >= 15 is 0 Å². The lowest BCUT2D eigenvalue weighted by atomic mass is 10.5. The van der Waals surface area contributed by atoms with Crippen LogP contribution in [0.2, 0.25) is 0 Å². The van der Waals surface area contributed by atoms with Crippen LogP contribution in [0.1, 0.15) is 5.82 Å². The predicted molar refractivity (Wildman–Crippen MR) is 65.0 cm³/mol. The van der Waals surface area contributed by atoms with Crippen LogP contribution in [0.25, 0.3) is 0 Å². The summed E-state index contributed by atoms with van der Waals surface area (Å²) in [5.41, 5.74) is 0. The van der Waals surface area contributed by atoms with E-state index in [4.69, 9.17) is 4.74 Å². The molecule has 0 bridgehead atoms. The van der Waals surface area contributed by atoms with Crippen molar-refractivity contribution in [3.63, 3.8) is 0 Å². The van der Waals surface area contributed by atoms with Gasteiger partial charge in [0, 0.05) is 32.6 Å². The van der Waals surface area contributed by atoms with E-state index in [2.05, 4.69) is 25.3 Å². The van der Waals surface area contributed by atoms with Crippen molar-refractivity contribution in [1.29, 1.82) is 0 Å². The Morgan fingerprint density at radius 2 is 2.35 bits per heavy atom. The maximum atomic E-state index is 5.03. The van der Waals surface area contributed by atoms with Gasteiger partial charge in [-0.2, -0.15) is 0 Å². The van der Waals surface area contributed by atoms with Crippen LogP contribution >= 0.6 is 11.8 Å². The first-order valence-electron chi connectivity index (χ1n) is 5.03. The number of nitrogens with one attached hydrogen (secondary N) is 2. The molecule has 0 amide bonds. The summed E-state index contributed by atoms with van der Waals surface area (Å²) in [6, 6.07) is 1.87. The minimum absolute atomic E-state index is 0.390. The van der Waals surface area contributed by atoms with Gasteiger partial charge in [-0.25, -0.2) is 15.0 Å². The molecule has 17 heavy (non-hydrogen) atoms. The van der Waals surface area contributed by atoms with Gasteiger partial charge in [0.2, 0.25) is 0 Å². The number of hydrogen-bond acceptors (Lipinski definition) is 6. The van der Waals surface area contributed by atoms with Crippen LogP contribution in [0.4, 0.5) is 5.82 Å². The second-order valence-electron chi connectivity index (χ2n) is 3.19. The van der Waals surface area contributed by atoms with E-state index in [-0.39, 0.29) is 0 Å². The van der Waals surface area contributed by atoms with Gasteiger partial charge in [0.05, 0.1) is 0 Å². The van der Waals surface area contributed by atoms with Crippen LogP contribution < -0.4 is 5.32 Å². The summed E-state index contributed by atoms with van der Waals surface area (Å²) in [5.74, 6) is 1.41.